The molecule has 156 valence electrons. The molecule has 1 aromatic carbocycles. The number of hydrogen-bond donors (Lipinski definition) is 3. The highest BCUT2D eigenvalue weighted by Crippen LogP contribution is 2.51. The van der Waals surface area contributed by atoms with Crippen LogP contribution < -0.4 is 16.0 Å². The number of aliphatic imine (C=N–C) groups is 1. The number of carbonyl (C=O) groups excluding carboxylic acids is 1. The molecule has 0 spiro atoms. The number of nitrogens with one attached hydrogen (secondary N) is 3. The van der Waals surface area contributed by atoms with Gasteiger partial charge in [0.05, 0.1) is 0 Å². The molecule has 0 radical (unpaired) electrons. The van der Waals surface area contributed by atoms with E-state index in [9.17, 15) is 4.79 Å². The molecule has 1 aliphatic rings. The molecule has 0 saturated heterocycles. The number of carbonyl (C=O) groups is 1. The lowest BCUT2D eigenvalue weighted by Gasteiger charge is -2.18. The largest absolute Gasteiger partial charge is 0.356 e. The number of amides is 1. The molecular formula is C21H28IN5OS. The average Bonchev–Trinajstić information content (AvgIpc) is 3.46. The van der Waals surface area contributed by atoms with Crippen LogP contribution >= 0.6 is 35.7 Å². The lowest BCUT2D eigenvalue weighted by atomic mass is 10.3. The summed E-state index contributed by atoms with van der Waals surface area (Å²) in [7, 11) is 1.75. The van der Waals surface area contributed by atoms with Crippen LogP contribution in [0.25, 0.3) is 0 Å². The summed E-state index contributed by atoms with van der Waals surface area (Å²) < 4.78 is 0.244. The molecule has 1 fully saturated rings. The average molecular weight is 525 g/mol. The molecule has 1 heterocycles. The van der Waals surface area contributed by atoms with Crippen molar-refractivity contribution < 1.29 is 4.79 Å². The maximum absolute atomic E-state index is 12.0. The molecule has 3 N–H and O–H groups in total. The van der Waals surface area contributed by atoms with Gasteiger partial charge in [-0.2, -0.15) is 0 Å². The van der Waals surface area contributed by atoms with Crippen molar-refractivity contribution in [3.8, 4) is 0 Å². The molecule has 29 heavy (non-hydrogen) atoms. The van der Waals surface area contributed by atoms with Crippen LogP contribution in [-0.4, -0.2) is 41.7 Å². The Hall–Kier alpha value is -1.81. The zero-order valence-electron chi connectivity index (χ0n) is 16.8. The second kappa shape index (κ2) is 11.4. The highest BCUT2D eigenvalue weighted by Gasteiger charge is 2.43. The van der Waals surface area contributed by atoms with Crippen molar-refractivity contribution in [2.75, 3.05) is 25.5 Å². The number of nitrogens with zero attached hydrogens (tertiary/aromatic N) is 2. The highest BCUT2D eigenvalue weighted by molar-refractivity contribution is 14.0. The van der Waals surface area contributed by atoms with E-state index in [1.807, 2.05) is 30.8 Å². The first-order valence-corrected chi connectivity index (χ1v) is 10.3. The monoisotopic (exact) mass is 525 g/mol. The second-order valence-corrected chi connectivity index (χ2v) is 8.51. The van der Waals surface area contributed by atoms with Crippen LogP contribution in [0.3, 0.4) is 0 Å². The van der Waals surface area contributed by atoms with Crippen molar-refractivity contribution >= 4 is 53.4 Å². The number of aromatic nitrogens is 1. The maximum atomic E-state index is 12.0. The number of anilines is 1. The third-order valence-electron chi connectivity index (χ3n) is 4.51. The van der Waals surface area contributed by atoms with Gasteiger partial charge >= 0.3 is 0 Å². The fourth-order valence-electron chi connectivity index (χ4n) is 2.70. The summed E-state index contributed by atoms with van der Waals surface area (Å²) in [4.78, 5) is 21.8. The highest BCUT2D eigenvalue weighted by atomic mass is 127. The van der Waals surface area contributed by atoms with E-state index in [-0.39, 0.29) is 34.6 Å². The Morgan fingerprint density at radius 1 is 1.17 bits per heavy atom. The van der Waals surface area contributed by atoms with Gasteiger partial charge in [-0.3, -0.25) is 9.79 Å². The van der Waals surface area contributed by atoms with E-state index >= 15 is 0 Å². The third kappa shape index (κ3) is 7.85. The second-order valence-electron chi connectivity index (χ2n) is 6.97. The van der Waals surface area contributed by atoms with Gasteiger partial charge in [0.2, 0.25) is 5.91 Å². The molecular weight excluding hydrogens is 497 g/mol. The Bertz CT molecular complexity index is 810. The third-order valence-corrected chi connectivity index (χ3v) is 6.00. The predicted octanol–water partition coefficient (Wildman–Crippen LogP) is 3.83. The molecule has 0 bridgehead atoms. The van der Waals surface area contributed by atoms with E-state index in [0.29, 0.717) is 18.8 Å². The van der Waals surface area contributed by atoms with Gasteiger partial charge in [-0.05, 0) is 43.5 Å². The zero-order valence-corrected chi connectivity index (χ0v) is 19.9. The molecule has 6 nitrogen and oxygen atoms in total. The lowest BCUT2D eigenvalue weighted by Crippen LogP contribution is -2.42. The van der Waals surface area contributed by atoms with E-state index < -0.39 is 0 Å². The Balaban J connectivity index is 0.00000300. The van der Waals surface area contributed by atoms with Gasteiger partial charge in [0.15, 0.2) is 5.96 Å². The SMILES string of the molecule is CN=C(NCCC(=O)Nc1ccc(C)cn1)NCC1(Sc2ccccc2)CC1.I. The van der Waals surface area contributed by atoms with E-state index in [4.69, 9.17) is 0 Å². The zero-order chi connectivity index (χ0) is 19.8. The van der Waals surface area contributed by atoms with Gasteiger partial charge in [0.25, 0.3) is 0 Å². The van der Waals surface area contributed by atoms with Crippen LogP contribution in [0, 0.1) is 6.92 Å². The fourth-order valence-corrected chi connectivity index (χ4v) is 3.94. The number of rotatable bonds is 8. The maximum Gasteiger partial charge on any atom is 0.227 e. The molecule has 1 aliphatic carbocycles. The minimum absolute atomic E-state index is 0. The molecule has 0 atom stereocenters. The summed E-state index contributed by atoms with van der Waals surface area (Å²) in [6, 6.07) is 14.2. The molecule has 3 rings (SSSR count). The van der Waals surface area contributed by atoms with Gasteiger partial charge in [-0.25, -0.2) is 4.98 Å². The van der Waals surface area contributed by atoms with Gasteiger partial charge in [0, 0.05) is 42.4 Å². The molecule has 1 saturated carbocycles. The summed E-state index contributed by atoms with van der Waals surface area (Å²) in [5.41, 5.74) is 1.06. The van der Waals surface area contributed by atoms with Crippen LogP contribution in [0.1, 0.15) is 24.8 Å². The number of hydrogen-bond acceptors (Lipinski definition) is 4. The first-order valence-electron chi connectivity index (χ1n) is 9.50. The molecule has 2 aromatic rings. The lowest BCUT2D eigenvalue weighted by molar-refractivity contribution is -0.116. The van der Waals surface area contributed by atoms with E-state index in [0.717, 1.165) is 18.1 Å². The summed E-state index contributed by atoms with van der Waals surface area (Å²) >= 11 is 1.92. The van der Waals surface area contributed by atoms with E-state index in [1.165, 1.54) is 17.7 Å². The van der Waals surface area contributed by atoms with Crippen molar-refractivity contribution in [3.05, 3.63) is 54.2 Å². The van der Waals surface area contributed by atoms with Crippen LogP contribution in [0.2, 0.25) is 0 Å². The smallest absolute Gasteiger partial charge is 0.227 e. The number of thioether (sulfide) groups is 1. The molecule has 0 unspecified atom stereocenters. The van der Waals surface area contributed by atoms with Crippen molar-refractivity contribution in [1.29, 1.82) is 0 Å². The molecule has 8 heteroatoms. The van der Waals surface area contributed by atoms with Crippen molar-refractivity contribution in [2.24, 2.45) is 4.99 Å². The Morgan fingerprint density at radius 3 is 2.55 bits per heavy atom. The standard InChI is InChI=1S/C21H27N5OS.HI/c1-16-8-9-18(24-14-16)26-19(27)10-13-23-20(22-2)25-15-21(11-12-21)28-17-6-4-3-5-7-17;/h3-9,14H,10-13,15H2,1-2H3,(H2,22,23,25)(H,24,26,27);1H. The molecule has 1 amide bonds. The normalized spacial score (nSPS) is 14.5. The summed E-state index contributed by atoms with van der Waals surface area (Å²) in [5.74, 6) is 1.23. The van der Waals surface area contributed by atoms with Gasteiger partial charge in [0.1, 0.15) is 5.82 Å². The number of guanidine groups is 1. The van der Waals surface area contributed by atoms with Gasteiger partial charge in [-0.1, -0.05) is 24.3 Å². The minimum Gasteiger partial charge on any atom is -0.356 e. The van der Waals surface area contributed by atoms with Crippen molar-refractivity contribution in [1.82, 2.24) is 15.6 Å². The van der Waals surface area contributed by atoms with E-state index in [1.54, 1.807) is 19.3 Å². The van der Waals surface area contributed by atoms with Crippen LogP contribution in [0.4, 0.5) is 5.82 Å². The molecule has 0 aliphatic heterocycles. The van der Waals surface area contributed by atoms with Gasteiger partial charge < -0.3 is 16.0 Å². The van der Waals surface area contributed by atoms with Gasteiger partial charge in [-0.15, -0.1) is 35.7 Å². The summed E-state index contributed by atoms with van der Waals surface area (Å²) in [6.45, 7) is 3.33. The first-order chi connectivity index (χ1) is 13.6. The Morgan fingerprint density at radius 2 is 1.93 bits per heavy atom. The molecule has 1 aromatic heterocycles. The van der Waals surface area contributed by atoms with Crippen LogP contribution in [0.15, 0.2) is 58.5 Å². The fraction of sp³-hybridized carbons (Fsp3) is 0.381. The Kier molecular flexibility index (Phi) is 9.22. The summed E-state index contributed by atoms with van der Waals surface area (Å²) in [6.07, 6.45) is 4.48. The van der Waals surface area contributed by atoms with E-state index in [2.05, 4.69) is 50.2 Å². The van der Waals surface area contributed by atoms with Crippen molar-refractivity contribution in [3.63, 3.8) is 0 Å². The number of halogens is 1. The predicted molar refractivity (Wildman–Crippen MR) is 131 cm³/mol. The van der Waals surface area contributed by atoms with Crippen LogP contribution in [0.5, 0.6) is 0 Å². The number of pyridine rings is 1. The first kappa shape index (κ1) is 23.5. The Labute approximate surface area is 193 Å². The number of aryl methyl sites for hydroxylation is 1. The topological polar surface area (TPSA) is 78.4 Å². The summed E-state index contributed by atoms with van der Waals surface area (Å²) in [5, 5.41) is 9.40. The number of benzene rings is 1. The minimum atomic E-state index is -0.0717. The quantitative estimate of drug-likeness (QED) is 0.278. The van der Waals surface area contributed by atoms with Crippen molar-refractivity contribution in [2.45, 2.75) is 35.8 Å². The van der Waals surface area contributed by atoms with Crippen LogP contribution in [-0.2, 0) is 4.79 Å².